The maximum atomic E-state index is 13.0. The molecule has 30 heavy (non-hydrogen) atoms. The molecule has 0 aromatic heterocycles. The summed E-state index contributed by atoms with van der Waals surface area (Å²) in [4.78, 5) is 15.2. The number of fused-ring (bicyclic) bond motifs is 3. The van der Waals surface area contributed by atoms with Crippen molar-refractivity contribution in [2.24, 2.45) is 0 Å². The Hall–Kier alpha value is -2.35. The van der Waals surface area contributed by atoms with Crippen molar-refractivity contribution in [1.29, 1.82) is 0 Å². The van der Waals surface area contributed by atoms with Crippen molar-refractivity contribution >= 4 is 27.8 Å². The van der Waals surface area contributed by atoms with Crippen molar-refractivity contribution in [3.63, 3.8) is 0 Å². The molecule has 0 N–H and O–H groups in total. The van der Waals surface area contributed by atoms with Crippen molar-refractivity contribution < 1.29 is 23.7 Å². The Morgan fingerprint density at radius 2 is 2.20 bits per heavy atom. The van der Waals surface area contributed by atoms with Crippen LogP contribution in [-0.2, 0) is 11.3 Å². The van der Waals surface area contributed by atoms with Gasteiger partial charge in [0.05, 0.1) is 24.3 Å². The standard InChI is InChI=1S/C23H22BrNO5/c1-27-19-6-4-15(24)9-14(19)10-21-22(26)17-5-7-20-18(23(17)30-21)12-25(13-29-20)11-16-3-2-8-28-16/h4-7,9-10,16H,2-3,8,11-13H2,1H3/b21-10-. The number of hydrogen-bond acceptors (Lipinski definition) is 6. The number of rotatable bonds is 4. The molecule has 156 valence electrons. The Morgan fingerprint density at radius 1 is 1.30 bits per heavy atom. The van der Waals surface area contributed by atoms with E-state index in [0.29, 0.717) is 30.3 Å². The molecule has 7 heteroatoms. The SMILES string of the molecule is COc1ccc(Br)cc1/C=C1\Oc2c(ccc3c2CN(CC2CCCO2)CO3)C1=O. The van der Waals surface area contributed by atoms with Crippen molar-refractivity contribution in [3.8, 4) is 17.2 Å². The maximum Gasteiger partial charge on any atom is 0.231 e. The lowest BCUT2D eigenvalue weighted by Gasteiger charge is -2.31. The third-order valence-corrected chi connectivity index (χ3v) is 6.14. The highest BCUT2D eigenvalue weighted by atomic mass is 79.9. The topological polar surface area (TPSA) is 57.2 Å². The molecule has 5 rings (SSSR count). The molecule has 0 spiro atoms. The lowest BCUT2D eigenvalue weighted by atomic mass is 10.0. The van der Waals surface area contributed by atoms with Crippen LogP contribution in [0.4, 0.5) is 0 Å². The summed E-state index contributed by atoms with van der Waals surface area (Å²) in [5, 5.41) is 0. The number of methoxy groups -OCH3 is 1. The molecule has 1 fully saturated rings. The van der Waals surface area contributed by atoms with Gasteiger partial charge in [0, 0.05) is 29.7 Å². The Kier molecular flexibility index (Phi) is 5.26. The highest BCUT2D eigenvalue weighted by Crippen LogP contribution is 2.42. The summed E-state index contributed by atoms with van der Waals surface area (Å²) in [7, 11) is 1.60. The van der Waals surface area contributed by atoms with Gasteiger partial charge in [-0.2, -0.15) is 0 Å². The molecule has 0 aliphatic carbocycles. The highest BCUT2D eigenvalue weighted by molar-refractivity contribution is 9.10. The molecule has 1 atom stereocenters. The fourth-order valence-corrected chi connectivity index (χ4v) is 4.54. The third kappa shape index (κ3) is 3.62. The van der Waals surface area contributed by atoms with Gasteiger partial charge in [0.15, 0.2) is 5.76 Å². The summed E-state index contributed by atoms with van der Waals surface area (Å²) >= 11 is 3.47. The highest BCUT2D eigenvalue weighted by Gasteiger charge is 2.34. The Bertz CT molecular complexity index is 1030. The van der Waals surface area contributed by atoms with Gasteiger partial charge in [0.25, 0.3) is 0 Å². The van der Waals surface area contributed by atoms with E-state index in [1.54, 1.807) is 19.3 Å². The van der Waals surface area contributed by atoms with E-state index in [1.807, 2.05) is 24.3 Å². The molecule has 0 bridgehead atoms. The zero-order chi connectivity index (χ0) is 20.7. The smallest absolute Gasteiger partial charge is 0.231 e. The second-order valence-corrected chi connectivity index (χ2v) is 8.58. The van der Waals surface area contributed by atoms with E-state index in [4.69, 9.17) is 18.9 Å². The first kappa shape index (κ1) is 19.6. The number of ether oxygens (including phenoxy) is 4. The first-order valence-corrected chi connectivity index (χ1v) is 10.8. The van der Waals surface area contributed by atoms with Gasteiger partial charge >= 0.3 is 0 Å². The van der Waals surface area contributed by atoms with Crippen LogP contribution >= 0.6 is 15.9 Å². The molecule has 0 amide bonds. The summed E-state index contributed by atoms with van der Waals surface area (Å²) in [5.74, 6) is 2.18. The van der Waals surface area contributed by atoms with Crippen molar-refractivity contribution in [2.75, 3.05) is 27.0 Å². The van der Waals surface area contributed by atoms with E-state index >= 15 is 0 Å². The fourth-order valence-electron chi connectivity index (χ4n) is 4.16. The normalized spacial score (nSPS) is 21.9. The summed E-state index contributed by atoms with van der Waals surface area (Å²) in [6.07, 6.45) is 4.16. The lowest BCUT2D eigenvalue weighted by molar-refractivity contribution is 0.0274. The second-order valence-electron chi connectivity index (χ2n) is 7.66. The molecular weight excluding hydrogens is 450 g/mol. The lowest BCUT2D eigenvalue weighted by Crippen LogP contribution is -2.37. The minimum absolute atomic E-state index is 0.133. The van der Waals surface area contributed by atoms with E-state index in [1.165, 1.54) is 0 Å². The molecule has 0 saturated carbocycles. The number of halogens is 1. The van der Waals surface area contributed by atoms with Crippen LogP contribution in [0.25, 0.3) is 6.08 Å². The number of nitrogens with zero attached hydrogens (tertiary/aromatic N) is 1. The molecule has 0 radical (unpaired) electrons. The summed E-state index contributed by atoms with van der Waals surface area (Å²) in [5.41, 5.74) is 2.25. The van der Waals surface area contributed by atoms with Crippen LogP contribution in [0.3, 0.4) is 0 Å². The summed E-state index contributed by atoms with van der Waals surface area (Å²) in [6.45, 7) is 2.82. The molecular formula is C23H22BrNO5. The molecule has 3 heterocycles. The third-order valence-electron chi connectivity index (χ3n) is 5.65. The first-order valence-electron chi connectivity index (χ1n) is 10.0. The van der Waals surface area contributed by atoms with E-state index in [2.05, 4.69) is 20.8 Å². The number of carbonyl (C=O) groups is 1. The zero-order valence-electron chi connectivity index (χ0n) is 16.7. The van der Waals surface area contributed by atoms with Crippen LogP contribution in [0.1, 0.15) is 34.3 Å². The van der Waals surface area contributed by atoms with E-state index in [-0.39, 0.29) is 17.6 Å². The first-order chi connectivity index (χ1) is 14.6. The van der Waals surface area contributed by atoms with Gasteiger partial charge in [-0.25, -0.2) is 0 Å². The largest absolute Gasteiger partial charge is 0.496 e. The average Bonchev–Trinajstić information content (AvgIpc) is 3.37. The second kappa shape index (κ2) is 8.06. The van der Waals surface area contributed by atoms with E-state index in [9.17, 15) is 4.79 Å². The Labute approximate surface area is 183 Å². The minimum atomic E-state index is -0.133. The number of Topliss-reactive ketones (excluding diaryl/α,β-unsaturated/α-hetero) is 1. The van der Waals surface area contributed by atoms with Crippen LogP contribution in [-0.4, -0.2) is 43.8 Å². The van der Waals surface area contributed by atoms with Crippen molar-refractivity contribution in [2.45, 2.75) is 25.5 Å². The zero-order valence-corrected chi connectivity index (χ0v) is 18.2. The van der Waals surface area contributed by atoms with Gasteiger partial charge in [0.1, 0.15) is 24.0 Å². The van der Waals surface area contributed by atoms with Gasteiger partial charge in [-0.15, -0.1) is 0 Å². The van der Waals surface area contributed by atoms with Crippen molar-refractivity contribution in [1.82, 2.24) is 4.90 Å². The van der Waals surface area contributed by atoms with Crippen LogP contribution < -0.4 is 14.2 Å². The van der Waals surface area contributed by atoms with Crippen LogP contribution in [0.5, 0.6) is 17.2 Å². The van der Waals surface area contributed by atoms with Gasteiger partial charge in [-0.05, 0) is 49.2 Å². The summed E-state index contributed by atoms with van der Waals surface area (Å²) in [6, 6.07) is 9.28. The van der Waals surface area contributed by atoms with Crippen LogP contribution in [0.15, 0.2) is 40.6 Å². The van der Waals surface area contributed by atoms with Crippen LogP contribution in [0.2, 0.25) is 0 Å². The number of benzene rings is 2. The fraction of sp³-hybridized carbons (Fsp3) is 0.348. The maximum absolute atomic E-state index is 13.0. The van der Waals surface area contributed by atoms with Gasteiger partial charge in [-0.3, -0.25) is 9.69 Å². The number of hydrogen-bond donors (Lipinski definition) is 0. The summed E-state index contributed by atoms with van der Waals surface area (Å²) < 4.78 is 24.1. The molecule has 1 saturated heterocycles. The van der Waals surface area contributed by atoms with E-state index in [0.717, 1.165) is 47.3 Å². The van der Waals surface area contributed by atoms with Crippen molar-refractivity contribution in [3.05, 3.63) is 57.3 Å². The van der Waals surface area contributed by atoms with Gasteiger partial charge in [-0.1, -0.05) is 15.9 Å². The minimum Gasteiger partial charge on any atom is -0.496 e. The molecule has 2 aromatic rings. The predicted molar refractivity (Wildman–Crippen MR) is 115 cm³/mol. The molecule has 3 aliphatic heterocycles. The predicted octanol–water partition coefficient (Wildman–Crippen LogP) is 4.40. The molecule has 6 nitrogen and oxygen atoms in total. The Morgan fingerprint density at radius 3 is 3.00 bits per heavy atom. The van der Waals surface area contributed by atoms with Gasteiger partial charge < -0.3 is 18.9 Å². The van der Waals surface area contributed by atoms with Gasteiger partial charge in [0.2, 0.25) is 5.78 Å². The van der Waals surface area contributed by atoms with E-state index < -0.39 is 0 Å². The van der Waals surface area contributed by atoms with Crippen LogP contribution in [0, 0.1) is 0 Å². The number of ketones is 1. The number of allylic oxidation sites excluding steroid dienone is 1. The molecule has 3 aliphatic rings. The number of carbonyl (C=O) groups excluding carboxylic acids is 1. The molecule has 2 aromatic carbocycles. The quantitative estimate of drug-likeness (QED) is 0.615. The molecule has 1 unspecified atom stereocenters. The average molecular weight is 472 g/mol. The monoisotopic (exact) mass is 471 g/mol. The Balaban J connectivity index is 1.44.